The summed E-state index contributed by atoms with van der Waals surface area (Å²) in [5.74, 6) is 0.766. The summed E-state index contributed by atoms with van der Waals surface area (Å²) in [6.45, 7) is 3.60. The minimum atomic E-state index is -0.00749. The van der Waals surface area contributed by atoms with Crippen molar-refractivity contribution in [2.24, 2.45) is 0 Å². The Kier molecular flexibility index (Phi) is 4.28. The molecule has 1 aromatic heterocycles. The molecule has 1 N–H and O–H groups in total. The first-order chi connectivity index (χ1) is 8.79. The van der Waals surface area contributed by atoms with Gasteiger partial charge in [0, 0.05) is 31.5 Å². The molecule has 96 valence electrons. The molecular formula is C13H18N4O. The third-order valence-electron chi connectivity index (χ3n) is 2.99. The monoisotopic (exact) mass is 246 g/mol. The van der Waals surface area contributed by atoms with Crippen LogP contribution in [0.1, 0.15) is 19.8 Å². The van der Waals surface area contributed by atoms with Crippen molar-refractivity contribution in [2.45, 2.75) is 25.8 Å². The van der Waals surface area contributed by atoms with Crippen molar-refractivity contribution in [3.8, 4) is 0 Å². The lowest BCUT2D eigenvalue weighted by Gasteiger charge is -2.32. The maximum Gasteiger partial charge on any atom is 0.243 e. The van der Waals surface area contributed by atoms with Crippen LogP contribution in [0.2, 0.25) is 0 Å². The standard InChI is InChI=1S/C13H18N4O/c1-2-4-12(18)16-11-5-9-17(10-6-11)13-14-7-3-8-15-13/h2-4,7-8,11H,5-6,9-10H2,1H3,(H,16,18). The Labute approximate surface area is 107 Å². The zero-order chi connectivity index (χ0) is 12.8. The van der Waals surface area contributed by atoms with E-state index in [0.29, 0.717) is 0 Å². The highest BCUT2D eigenvalue weighted by molar-refractivity contribution is 5.87. The lowest BCUT2D eigenvalue weighted by Crippen LogP contribution is -2.44. The van der Waals surface area contributed by atoms with Gasteiger partial charge >= 0.3 is 0 Å². The van der Waals surface area contributed by atoms with Crippen LogP contribution in [0.15, 0.2) is 30.6 Å². The summed E-state index contributed by atoms with van der Waals surface area (Å²) in [6.07, 6.45) is 8.68. The molecule has 0 atom stereocenters. The average molecular weight is 246 g/mol. The summed E-state index contributed by atoms with van der Waals surface area (Å²) in [6, 6.07) is 2.07. The van der Waals surface area contributed by atoms with E-state index >= 15 is 0 Å². The van der Waals surface area contributed by atoms with Gasteiger partial charge in [-0.1, -0.05) is 6.08 Å². The zero-order valence-corrected chi connectivity index (χ0v) is 10.5. The second-order valence-electron chi connectivity index (χ2n) is 4.32. The van der Waals surface area contributed by atoms with E-state index in [1.165, 1.54) is 0 Å². The van der Waals surface area contributed by atoms with Crippen LogP contribution >= 0.6 is 0 Å². The summed E-state index contributed by atoms with van der Waals surface area (Å²) < 4.78 is 0. The fourth-order valence-electron chi connectivity index (χ4n) is 2.08. The largest absolute Gasteiger partial charge is 0.350 e. The SMILES string of the molecule is CC=CC(=O)NC1CCN(c2ncccn2)CC1. The Morgan fingerprint density at radius 3 is 2.67 bits per heavy atom. The molecule has 0 radical (unpaired) electrons. The number of nitrogens with one attached hydrogen (secondary N) is 1. The van der Waals surface area contributed by atoms with Crippen molar-refractivity contribution in [3.05, 3.63) is 30.6 Å². The van der Waals surface area contributed by atoms with Crippen molar-refractivity contribution in [2.75, 3.05) is 18.0 Å². The molecule has 0 spiro atoms. The first kappa shape index (κ1) is 12.5. The molecule has 2 rings (SSSR count). The van der Waals surface area contributed by atoms with Gasteiger partial charge in [0.25, 0.3) is 0 Å². The molecule has 18 heavy (non-hydrogen) atoms. The van der Waals surface area contributed by atoms with Crippen LogP contribution in [-0.2, 0) is 4.79 Å². The number of anilines is 1. The Bertz CT molecular complexity index is 410. The predicted molar refractivity (Wildman–Crippen MR) is 70.2 cm³/mol. The molecule has 5 nitrogen and oxygen atoms in total. The van der Waals surface area contributed by atoms with Crippen LogP contribution in [0, 0.1) is 0 Å². The number of amides is 1. The van der Waals surface area contributed by atoms with Crippen LogP contribution < -0.4 is 10.2 Å². The molecule has 0 aromatic carbocycles. The highest BCUT2D eigenvalue weighted by atomic mass is 16.1. The molecule has 2 heterocycles. The van der Waals surface area contributed by atoms with Crippen molar-refractivity contribution in [1.29, 1.82) is 0 Å². The maximum absolute atomic E-state index is 11.4. The molecule has 0 unspecified atom stereocenters. The number of carbonyl (C=O) groups excluding carboxylic acids is 1. The Morgan fingerprint density at radius 2 is 2.06 bits per heavy atom. The highest BCUT2D eigenvalue weighted by Crippen LogP contribution is 2.15. The van der Waals surface area contributed by atoms with Crippen molar-refractivity contribution in [3.63, 3.8) is 0 Å². The Morgan fingerprint density at radius 1 is 1.39 bits per heavy atom. The summed E-state index contributed by atoms with van der Waals surface area (Å²) in [4.78, 5) is 22.0. The van der Waals surface area contributed by atoms with E-state index in [4.69, 9.17) is 0 Å². The molecule has 0 saturated carbocycles. The number of hydrogen-bond acceptors (Lipinski definition) is 4. The fraction of sp³-hybridized carbons (Fsp3) is 0.462. The Balaban J connectivity index is 1.83. The van der Waals surface area contributed by atoms with E-state index in [9.17, 15) is 4.79 Å². The van der Waals surface area contributed by atoms with Gasteiger partial charge in [-0.3, -0.25) is 4.79 Å². The van der Waals surface area contributed by atoms with Crippen molar-refractivity contribution in [1.82, 2.24) is 15.3 Å². The first-order valence-electron chi connectivity index (χ1n) is 6.24. The molecule has 1 saturated heterocycles. The van der Waals surface area contributed by atoms with Gasteiger partial charge in [-0.2, -0.15) is 0 Å². The van der Waals surface area contributed by atoms with Gasteiger partial charge in [0.15, 0.2) is 0 Å². The van der Waals surface area contributed by atoms with E-state index in [1.54, 1.807) is 24.5 Å². The second-order valence-corrected chi connectivity index (χ2v) is 4.32. The lowest BCUT2D eigenvalue weighted by atomic mass is 10.1. The average Bonchev–Trinajstić information content (AvgIpc) is 2.41. The van der Waals surface area contributed by atoms with E-state index in [1.807, 2.05) is 13.0 Å². The second kappa shape index (κ2) is 6.14. The number of nitrogens with zero attached hydrogens (tertiary/aromatic N) is 3. The predicted octanol–water partition coefficient (Wildman–Crippen LogP) is 1.14. The van der Waals surface area contributed by atoms with Crippen molar-refractivity contribution < 1.29 is 4.79 Å². The van der Waals surface area contributed by atoms with Crippen LogP contribution in [0.25, 0.3) is 0 Å². The maximum atomic E-state index is 11.4. The third kappa shape index (κ3) is 3.29. The molecule has 1 fully saturated rings. The topological polar surface area (TPSA) is 58.1 Å². The van der Waals surface area contributed by atoms with E-state index in [0.717, 1.165) is 31.9 Å². The van der Waals surface area contributed by atoms with Crippen LogP contribution in [0.5, 0.6) is 0 Å². The number of allylic oxidation sites excluding steroid dienone is 1. The van der Waals surface area contributed by atoms with E-state index < -0.39 is 0 Å². The number of rotatable bonds is 3. The quantitative estimate of drug-likeness (QED) is 0.812. The third-order valence-corrected chi connectivity index (χ3v) is 2.99. The number of piperidine rings is 1. The molecule has 1 amide bonds. The zero-order valence-electron chi connectivity index (χ0n) is 10.5. The van der Waals surface area contributed by atoms with Crippen LogP contribution in [-0.4, -0.2) is 35.0 Å². The number of aromatic nitrogens is 2. The fourth-order valence-corrected chi connectivity index (χ4v) is 2.08. The summed E-state index contributed by atoms with van der Waals surface area (Å²) in [5, 5.41) is 3.00. The summed E-state index contributed by atoms with van der Waals surface area (Å²) in [5.41, 5.74) is 0. The van der Waals surface area contributed by atoms with Gasteiger partial charge in [0.05, 0.1) is 0 Å². The molecular weight excluding hydrogens is 228 g/mol. The molecule has 0 bridgehead atoms. The van der Waals surface area contributed by atoms with Gasteiger partial charge < -0.3 is 10.2 Å². The smallest absolute Gasteiger partial charge is 0.243 e. The van der Waals surface area contributed by atoms with Gasteiger partial charge in [0.2, 0.25) is 11.9 Å². The summed E-state index contributed by atoms with van der Waals surface area (Å²) in [7, 11) is 0. The minimum Gasteiger partial charge on any atom is -0.350 e. The molecule has 5 heteroatoms. The van der Waals surface area contributed by atoms with Gasteiger partial charge in [-0.05, 0) is 31.9 Å². The van der Waals surface area contributed by atoms with Crippen LogP contribution in [0.3, 0.4) is 0 Å². The van der Waals surface area contributed by atoms with Crippen LogP contribution in [0.4, 0.5) is 5.95 Å². The minimum absolute atomic E-state index is 0.00749. The normalized spacial score (nSPS) is 17.1. The highest BCUT2D eigenvalue weighted by Gasteiger charge is 2.21. The van der Waals surface area contributed by atoms with Gasteiger partial charge in [-0.25, -0.2) is 9.97 Å². The molecule has 0 aliphatic carbocycles. The number of carbonyl (C=O) groups is 1. The van der Waals surface area contributed by atoms with Gasteiger partial charge in [0.1, 0.15) is 0 Å². The first-order valence-corrected chi connectivity index (χ1v) is 6.24. The molecule has 1 aliphatic rings. The molecule has 1 aromatic rings. The number of hydrogen-bond donors (Lipinski definition) is 1. The van der Waals surface area contributed by atoms with Gasteiger partial charge in [-0.15, -0.1) is 0 Å². The lowest BCUT2D eigenvalue weighted by molar-refractivity contribution is -0.117. The summed E-state index contributed by atoms with van der Waals surface area (Å²) >= 11 is 0. The van der Waals surface area contributed by atoms with E-state index in [2.05, 4.69) is 20.2 Å². The van der Waals surface area contributed by atoms with E-state index in [-0.39, 0.29) is 11.9 Å². The molecule has 1 aliphatic heterocycles. The van der Waals surface area contributed by atoms with Crippen molar-refractivity contribution >= 4 is 11.9 Å². The Hall–Kier alpha value is -1.91.